The SMILES string of the molecule is O=C(CCc1cccc([N+](=O)[O-])c1)NCC(O)Cc1ccccc1. The summed E-state index contributed by atoms with van der Waals surface area (Å²) in [5, 5.41) is 23.3. The minimum absolute atomic E-state index is 0.0196. The number of amides is 1. The van der Waals surface area contributed by atoms with E-state index in [0.717, 1.165) is 11.1 Å². The van der Waals surface area contributed by atoms with Crippen molar-refractivity contribution in [3.8, 4) is 0 Å². The number of aliphatic hydroxyl groups excluding tert-OH is 1. The van der Waals surface area contributed by atoms with Gasteiger partial charge in [0.25, 0.3) is 5.69 Å². The second-order valence-electron chi connectivity index (χ2n) is 5.57. The maximum Gasteiger partial charge on any atom is 0.269 e. The van der Waals surface area contributed by atoms with Crippen molar-refractivity contribution in [2.45, 2.75) is 25.4 Å². The van der Waals surface area contributed by atoms with E-state index in [2.05, 4.69) is 5.32 Å². The molecule has 6 heteroatoms. The molecule has 1 amide bonds. The molecule has 0 bridgehead atoms. The highest BCUT2D eigenvalue weighted by atomic mass is 16.6. The van der Waals surface area contributed by atoms with Gasteiger partial charge in [0, 0.05) is 31.5 Å². The molecule has 0 spiro atoms. The fourth-order valence-electron chi connectivity index (χ4n) is 2.36. The Bertz CT molecular complexity index is 688. The lowest BCUT2D eigenvalue weighted by Crippen LogP contribution is -2.33. The van der Waals surface area contributed by atoms with Crippen LogP contribution in [0, 0.1) is 10.1 Å². The lowest BCUT2D eigenvalue weighted by Gasteiger charge is -2.12. The number of rotatable bonds is 8. The van der Waals surface area contributed by atoms with Crippen molar-refractivity contribution < 1.29 is 14.8 Å². The van der Waals surface area contributed by atoms with Crippen LogP contribution in [0.5, 0.6) is 0 Å². The van der Waals surface area contributed by atoms with Crippen LogP contribution in [0.4, 0.5) is 5.69 Å². The van der Waals surface area contributed by atoms with Crippen LogP contribution in [0.3, 0.4) is 0 Å². The summed E-state index contributed by atoms with van der Waals surface area (Å²) in [5.74, 6) is -0.186. The van der Waals surface area contributed by atoms with E-state index in [1.165, 1.54) is 12.1 Å². The van der Waals surface area contributed by atoms with E-state index < -0.39 is 11.0 Å². The van der Waals surface area contributed by atoms with Crippen molar-refractivity contribution in [2.24, 2.45) is 0 Å². The number of carbonyl (C=O) groups excluding carboxylic acids is 1. The minimum Gasteiger partial charge on any atom is -0.391 e. The first-order chi connectivity index (χ1) is 11.5. The molecule has 1 atom stereocenters. The average molecular weight is 328 g/mol. The molecule has 0 aromatic heterocycles. The zero-order valence-electron chi connectivity index (χ0n) is 13.2. The Labute approximate surface area is 140 Å². The lowest BCUT2D eigenvalue weighted by atomic mass is 10.1. The predicted octanol–water partition coefficient (Wildman–Crippen LogP) is 2.25. The van der Waals surface area contributed by atoms with Gasteiger partial charge < -0.3 is 10.4 Å². The highest BCUT2D eigenvalue weighted by Gasteiger charge is 2.10. The second-order valence-corrected chi connectivity index (χ2v) is 5.57. The number of nitro groups is 1. The number of hydrogen-bond donors (Lipinski definition) is 2. The summed E-state index contributed by atoms with van der Waals surface area (Å²) in [6.07, 6.45) is 0.474. The molecule has 2 aromatic carbocycles. The zero-order valence-corrected chi connectivity index (χ0v) is 13.2. The van der Waals surface area contributed by atoms with Crippen molar-refractivity contribution >= 4 is 11.6 Å². The first kappa shape index (κ1) is 17.6. The van der Waals surface area contributed by atoms with Crippen molar-refractivity contribution in [3.63, 3.8) is 0 Å². The summed E-state index contributed by atoms with van der Waals surface area (Å²) in [6.45, 7) is 0.183. The van der Waals surface area contributed by atoms with Gasteiger partial charge in [-0.2, -0.15) is 0 Å². The molecule has 1 unspecified atom stereocenters. The third kappa shape index (κ3) is 5.81. The van der Waals surface area contributed by atoms with Gasteiger partial charge >= 0.3 is 0 Å². The topological polar surface area (TPSA) is 92.5 Å². The molecule has 2 N–H and O–H groups in total. The van der Waals surface area contributed by atoms with E-state index in [9.17, 15) is 20.0 Å². The Morgan fingerprint density at radius 2 is 1.83 bits per heavy atom. The Kier molecular flexibility index (Phi) is 6.45. The number of nitro benzene ring substituents is 1. The van der Waals surface area contributed by atoms with Crippen LogP contribution in [0.2, 0.25) is 0 Å². The molecule has 2 rings (SSSR count). The van der Waals surface area contributed by atoms with E-state index in [1.807, 2.05) is 30.3 Å². The highest BCUT2D eigenvalue weighted by Crippen LogP contribution is 2.14. The van der Waals surface area contributed by atoms with Crippen LogP contribution in [0.15, 0.2) is 54.6 Å². The zero-order chi connectivity index (χ0) is 17.4. The molecule has 0 radical (unpaired) electrons. The van der Waals surface area contributed by atoms with E-state index in [0.29, 0.717) is 12.8 Å². The summed E-state index contributed by atoms with van der Waals surface area (Å²) in [6, 6.07) is 15.8. The first-order valence-corrected chi connectivity index (χ1v) is 7.76. The molecule has 24 heavy (non-hydrogen) atoms. The second kappa shape index (κ2) is 8.79. The molecule has 0 saturated heterocycles. The third-order valence-electron chi connectivity index (χ3n) is 3.61. The number of nitrogens with one attached hydrogen (secondary N) is 1. The fraction of sp³-hybridized carbons (Fsp3) is 0.278. The van der Waals surface area contributed by atoms with E-state index >= 15 is 0 Å². The maximum atomic E-state index is 11.8. The number of carbonyl (C=O) groups is 1. The Hall–Kier alpha value is -2.73. The monoisotopic (exact) mass is 328 g/mol. The number of non-ortho nitro benzene ring substituents is 1. The number of aryl methyl sites for hydroxylation is 1. The Morgan fingerprint density at radius 3 is 2.54 bits per heavy atom. The lowest BCUT2D eigenvalue weighted by molar-refractivity contribution is -0.384. The van der Waals surface area contributed by atoms with Gasteiger partial charge in [-0.1, -0.05) is 42.5 Å². The van der Waals surface area contributed by atoms with Crippen molar-refractivity contribution in [1.29, 1.82) is 0 Å². The number of aliphatic hydroxyl groups is 1. The highest BCUT2D eigenvalue weighted by molar-refractivity contribution is 5.76. The summed E-state index contributed by atoms with van der Waals surface area (Å²) in [5.41, 5.74) is 1.77. The van der Waals surface area contributed by atoms with Crippen LogP contribution < -0.4 is 5.32 Å². The Morgan fingerprint density at radius 1 is 1.12 bits per heavy atom. The number of benzene rings is 2. The fourth-order valence-corrected chi connectivity index (χ4v) is 2.36. The quantitative estimate of drug-likeness (QED) is 0.574. The van der Waals surface area contributed by atoms with Gasteiger partial charge in [0.2, 0.25) is 5.91 Å². The van der Waals surface area contributed by atoms with Crippen molar-refractivity contribution in [1.82, 2.24) is 5.32 Å². The number of nitrogens with zero attached hydrogens (tertiary/aromatic N) is 1. The van der Waals surface area contributed by atoms with Gasteiger partial charge in [-0.3, -0.25) is 14.9 Å². The summed E-state index contributed by atoms with van der Waals surface area (Å²) >= 11 is 0. The molecule has 2 aromatic rings. The summed E-state index contributed by atoms with van der Waals surface area (Å²) in [7, 11) is 0. The smallest absolute Gasteiger partial charge is 0.269 e. The molecule has 0 fully saturated rings. The van der Waals surface area contributed by atoms with Crippen LogP contribution in [0.25, 0.3) is 0 Å². The van der Waals surface area contributed by atoms with Gasteiger partial charge in [-0.05, 0) is 17.5 Å². The third-order valence-corrected chi connectivity index (χ3v) is 3.61. The van der Waals surface area contributed by atoms with Crippen LogP contribution >= 0.6 is 0 Å². The summed E-state index contributed by atoms with van der Waals surface area (Å²) < 4.78 is 0. The molecule has 0 aliphatic carbocycles. The first-order valence-electron chi connectivity index (χ1n) is 7.76. The van der Waals surface area contributed by atoms with Crippen LogP contribution in [0.1, 0.15) is 17.5 Å². The molecule has 126 valence electrons. The van der Waals surface area contributed by atoms with Gasteiger partial charge in [-0.15, -0.1) is 0 Å². The molecule has 0 aliphatic heterocycles. The van der Waals surface area contributed by atoms with E-state index in [1.54, 1.807) is 12.1 Å². The summed E-state index contributed by atoms with van der Waals surface area (Å²) in [4.78, 5) is 22.1. The van der Waals surface area contributed by atoms with Gasteiger partial charge in [-0.25, -0.2) is 0 Å². The molecule has 6 nitrogen and oxygen atoms in total. The molecular weight excluding hydrogens is 308 g/mol. The molecule has 0 aliphatic rings. The normalized spacial score (nSPS) is 11.7. The molecule has 0 saturated carbocycles. The van der Waals surface area contributed by atoms with Gasteiger partial charge in [0.05, 0.1) is 11.0 Å². The van der Waals surface area contributed by atoms with Gasteiger partial charge in [0.1, 0.15) is 0 Å². The molecular formula is C18H20N2O4. The van der Waals surface area contributed by atoms with Crippen molar-refractivity contribution in [3.05, 3.63) is 75.8 Å². The van der Waals surface area contributed by atoms with Crippen LogP contribution in [-0.4, -0.2) is 28.6 Å². The van der Waals surface area contributed by atoms with Crippen molar-refractivity contribution in [2.75, 3.05) is 6.54 Å². The van der Waals surface area contributed by atoms with E-state index in [4.69, 9.17) is 0 Å². The number of hydrogen-bond acceptors (Lipinski definition) is 4. The largest absolute Gasteiger partial charge is 0.391 e. The van der Waals surface area contributed by atoms with Crippen LogP contribution in [-0.2, 0) is 17.6 Å². The maximum absolute atomic E-state index is 11.8. The molecule has 0 heterocycles. The average Bonchev–Trinajstić information content (AvgIpc) is 2.59. The van der Waals surface area contributed by atoms with Gasteiger partial charge in [0.15, 0.2) is 0 Å². The minimum atomic E-state index is -0.644. The Balaban J connectivity index is 1.73. The van der Waals surface area contributed by atoms with E-state index in [-0.39, 0.29) is 24.6 Å². The standard InChI is InChI=1S/C18H20N2O4/c21-17(12-14-5-2-1-3-6-14)13-19-18(22)10-9-15-7-4-8-16(11-15)20(23)24/h1-8,11,17,21H,9-10,12-13H2,(H,19,22). The predicted molar refractivity (Wildman–Crippen MR) is 90.6 cm³/mol.